The number of nitrogens with two attached hydrogens (primary N) is 1. The number of nitrogens with zero attached hydrogens (tertiary/aromatic N) is 1. The van der Waals surface area contributed by atoms with Crippen LogP contribution in [0, 0.1) is 6.92 Å². The zero-order chi connectivity index (χ0) is 11.8. The van der Waals surface area contributed by atoms with Crippen molar-refractivity contribution in [2.24, 2.45) is 0 Å². The number of benzene rings is 1. The van der Waals surface area contributed by atoms with Crippen molar-refractivity contribution in [2.75, 3.05) is 5.73 Å². The van der Waals surface area contributed by atoms with E-state index in [1.165, 1.54) is 23.0 Å². The van der Waals surface area contributed by atoms with Gasteiger partial charge in [0.2, 0.25) is 0 Å². The molecule has 0 bridgehead atoms. The van der Waals surface area contributed by atoms with E-state index in [4.69, 9.17) is 10.3 Å². The predicted molar refractivity (Wildman–Crippen MR) is 66.9 cm³/mol. The number of hydrogen-bond donors (Lipinski definition) is 1. The first-order valence-corrected chi connectivity index (χ1v) is 6.03. The molecule has 17 heavy (non-hydrogen) atoms. The van der Waals surface area contributed by atoms with Crippen LogP contribution in [-0.2, 0) is 12.8 Å². The number of aryl methyl sites for hydroxylation is 1. The van der Waals surface area contributed by atoms with E-state index in [1.807, 2.05) is 0 Å². The average molecular weight is 228 g/mol. The fraction of sp³-hybridized carbons (Fsp3) is 0.357. The molecule has 1 aliphatic rings. The van der Waals surface area contributed by atoms with Gasteiger partial charge in [-0.1, -0.05) is 23.4 Å². The Balaban J connectivity index is 1.94. The second-order valence-corrected chi connectivity index (χ2v) is 4.81. The van der Waals surface area contributed by atoms with E-state index in [0.29, 0.717) is 11.6 Å². The van der Waals surface area contributed by atoms with E-state index in [-0.39, 0.29) is 0 Å². The molecule has 0 fully saturated rings. The monoisotopic (exact) mass is 228 g/mol. The SMILES string of the molecule is Cc1cccc2c1CCC(c1nocc1N)C2. The number of fused-ring (bicyclic) bond motifs is 1. The first-order chi connectivity index (χ1) is 8.25. The minimum absolute atomic E-state index is 0.406. The summed E-state index contributed by atoms with van der Waals surface area (Å²) < 4.78 is 4.94. The fourth-order valence-electron chi connectivity index (χ4n) is 2.79. The molecule has 1 unspecified atom stereocenters. The van der Waals surface area contributed by atoms with Crippen LogP contribution in [0.3, 0.4) is 0 Å². The minimum Gasteiger partial charge on any atom is -0.395 e. The van der Waals surface area contributed by atoms with Crippen molar-refractivity contribution in [1.29, 1.82) is 0 Å². The molecule has 1 aliphatic carbocycles. The van der Waals surface area contributed by atoms with Crippen LogP contribution < -0.4 is 5.73 Å². The molecule has 0 saturated heterocycles. The van der Waals surface area contributed by atoms with E-state index >= 15 is 0 Å². The number of rotatable bonds is 1. The molecule has 0 radical (unpaired) electrons. The molecule has 88 valence electrons. The van der Waals surface area contributed by atoms with Crippen LogP contribution in [0.1, 0.15) is 34.7 Å². The predicted octanol–water partition coefficient (Wildman–Crippen LogP) is 2.84. The highest BCUT2D eigenvalue weighted by Crippen LogP contribution is 2.35. The lowest BCUT2D eigenvalue weighted by atomic mass is 9.80. The van der Waals surface area contributed by atoms with Gasteiger partial charge in [-0.3, -0.25) is 0 Å². The van der Waals surface area contributed by atoms with E-state index in [0.717, 1.165) is 25.0 Å². The van der Waals surface area contributed by atoms with Gasteiger partial charge < -0.3 is 10.3 Å². The highest BCUT2D eigenvalue weighted by molar-refractivity contribution is 5.44. The van der Waals surface area contributed by atoms with Crippen LogP contribution in [0.4, 0.5) is 5.69 Å². The highest BCUT2D eigenvalue weighted by atomic mass is 16.5. The molecule has 0 amide bonds. The van der Waals surface area contributed by atoms with Crippen LogP contribution in [0.5, 0.6) is 0 Å². The molecule has 1 heterocycles. The van der Waals surface area contributed by atoms with Crippen LogP contribution in [0.15, 0.2) is 29.0 Å². The summed E-state index contributed by atoms with van der Waals surface area (Å²) in [5.74, 6) is 0.406. The minimum atomic E-state index is 0.406. The van der Waals surface area contributed by atoms with Gasteiger partial charge in [0.05, 0.1) is 5.69 Å². The molecule has 0 spiro atoms. The van der Waals surface area contributed by atoms with Gasteiger partial charge in [-0.15, -0.1) is 0 Å². The lowest BCUT2D eigenvalue weighted by Gasteiger charge is -2.24. The highest BCUT2D eigenvalue weighted by Gasteiger charge is 2.24. The van der Waals surface area contributed by atoms with Gasteiger partial charge in [0.25, 0.3) is 0 Å². The fourth-order valence-corrected chi connectivity index (χ4v) is 2.79. The molecule has 1 atom stereocenters. The molecule has 2 N–H and O–H groups in total. The maximum absolute atomic E-state index is 5.87. The van der Waals surface area contributed by atoms with Gasteiger partial charge >= 0.3 is 0 Å². The van der Waals surface area contributed by atoms with Crippen molar-refractivity contribution in [3.63, 3.8) is 0 Å². The standard InChI is InChI=1S/C14H16N2O/c1-9-3-2-4-10-7-11(5-6-12(9)10)14-13(15)8-17-16-14/h2-4,8,11H,5-7,15H2,1H3. The smallest absolute Gasteiger partial charge is 0.147 e. The summed E-state index contributed by atoms with van der Waals surface area (Å²) in [7, 11) is 0. The number of nitrogen functional groups attached to an aromatic ring is 1. The van der Waals surface area contributed by atoms with Gasteiger partial charge in [-0.25, -0.2) is 0 Å². The van der Waals surface area contributed by atoms with Crippen molar-refractivity contribution in [3.05, 3.63) is 46.8 Å². The average Bonchev–Trinajstić information content (AvgIpc) is 2.75. The largest absolute Gasteiger partial charge is 0.395 e. The van der Waals surface area contributed by atoms with Gasteiger partial charge in [0, 0.05) is 5.92 Å². The molecule has 1 aromatic carbocycles. The number of anilines is 1. The second kappa shape index (κ2) is 3.91. The lowest BCUT2D eigenvalue weighted by molar-refractivity contribution is 0.399. The molecule has 0 aliphatic heterocycles. The summed E-state index contributed by atoms with van der Waals surface area (Å²) in [5, 5.41) is 4.03. The molecule has 0 saturated carbocycles. The Morgan fingerprint density at radius 3 is 3.06 bits per heavy atom. The molecular weight excluding hydrogens is 212 g/mol. The second-order valence-electron chi connectivity index (χ2n) is 4.81. The van der Waals surface area contributed by atoms with Crippen molar-refractivity contribution in [2.45, 2.75) is 32.1 Å². The third-order valence-electron chi connectivity index (χ3n) is 3.73. The zero-order valence-corrected chi connectivity index (χ0v) is 9.94. The Kier molecular flexibility index (Phi) is 2.39. The molecule has 1 aromatic heterocycles. The maximum Gasteiger partial charge on any atom is 0.147 e. The molecular formula is C14H16N2O. The van der Waals surface area contributed by atoms with Crippen LogP contribution >= 0.6 is 0 Å². The number of hydrogen-bond acceptors (Lipinski definition) is 3. The normalized spacial score (nSPS) is 19.0. The van der Waals surface area contributed by atoms with E-state index in [2.05, 4.69) is 30.3 Å². The Bertz CT molecular complexity index is 545. The molecule has 3 nitrogen and oxygen atoms in total. The van der Waals surface area contributed by atoms with Crippen LogP contribution in [0.25, 0.3) is 0 Å². The first kappa shape index (κ1) is 10.4. The van der Waals surface area contributed by atoms with Gasteiger partial charge in [0.1, 0.15) is 12.0 Å². The Morgan fingerprint density at radius 2 is 2.29 bits per heavy atom. The van der Waals surface area contributed by atoms with Crippen molar-refractivity contribution >= 4 is 5.69 Å². The third-order valence-corrected chi connectivity index (χ3v) is 3.73. The Labute approximate surface area is 101 Å². The van der Waals surface area contributed by atoms with Gasteiger partial charge in [-0.05, 0) is 42.9 Å². The van der Waals surface area contributed by atoms with Crippen LogP contribution in [0.2, 0.25) is 0 Å². The van der Waals surface area contributed by atoms with Crippen LogP contribution in [-0.4, -0.2) is 5.16 Å². The summed E-state index contributed by atoms with van der Waals surface area (Å²) in [4.78, 5) is 0. The van der Waals surface area contributed by atoms with E-state index in [9.17, 15) is 0 Å². The summed E-state index contributed by atoms with van der Waals surface area (Å²) in [6.07, 6.45) is 4.77. The number of aromatic nitrogens is 1. The maximum atomic E-state index is 5.87. The van der Waals surface area contributed by atoms with Crippen molar-refractivity contribution in [3.8, 4) is 0 Å². The van der Waals surface area contributed by atoms with Gasteiger partial charge in [0.15, 0.2) is 0 Å². The van der Waals surface area contributed by atoms with Crippen molar-refractivity contribution in [1.82, 2.24) is 5.16 Å². The Hall–Kier alpha value is -1.77. The summed E-state index contributed by atoms with van der Waals surface area (Å²) in [6.45, 7) is 2.18. The Morgan fingerprint density at radius 1 is 1.41 bits per heavy atom. The summed E-state index contributed by atoms with van der Waals surface area (Å²) in [6, 6.07) is 6.52. The van der Waals surface area contributed by atoms with Gasteiger partial charge in [-0.2, -0.15) is 0 Å². The summed E-state index contributed by atoms with van der Waals surface area (Å²) >= 11 is 0. The lowest BCUT2D eigenvalue weighted by Crippen LogP contribution is -2.15. The van der Waals surface area contributed by atoms with E-state index < -0.39 is 0 Å². The molecule has 2 aromatic rings. The summed E-state index contributed by atoms with van der Waals surface area (Å²) in [5.41, 5.74) is 11.8. The first-order valence-electron chi connectivity index (χ1n) is 6.03. The molecule has 3 heteroatoms. The topological polar surface area (TPSA) is 52.0 Å². The quantitative estimate of drug-likeness (QED) is 0.816. The third kappa shape index (κ3) is 1.71. The zero-order valence-electron chi connectivity index (χ0n) is 9.94. The van der Waals surface area contributed by atoms with Crippen molar-refractivity contribution < 1.29 is 4.52 Å². The molecule has 3 rings (SSSR count). The van der Waals surface area contributed by atoms with E-state index in [1.54, 1.807) is 0 Å².